The Bertz CT molecular complexity index is 3250. The summed E-state index contributed by atoms with van der Waals surface area (Å²) in [5.74, 6) is 0.760. The molecule has 4 unspecified atom stereocenters. The lowest BCUT2D eigenvalue weighted by Crippen LogP contribution is -2.55. The third kappa shape index (κ3) is 13.6. The maximum absolute atomic E-state index is 14.8. The molecule has 0 aliphatic carbocycles. The number of halogens is 3. The number of hydrogen-bond donors (Lipinski definition) is 4. The van der Waals surface area contributed by atoms with Crippen LogP contribution in [0.15, 0.2) is 58.4 Å². The first kappa shape index (κ1) is 57.4. The van der Waals surface area contributed by atoms with Crippen LogP contribution in [0.2, 0.25) is 5.28 Å². The summed E-state index contributed by atoms with van der Waals surface area (Å²) in [4.78, 5) is 46.1. The fraction of sp³-hybridized carbons (Fsp3) is 0.593. The summed E-state index contributed by atoms with van der Waals surface area (Å²) in [6, 6.07) is 11.9. The Kier molecular flexibility index (Phi) is 17.5. The Labute approximate surface area is 473 Å². The summed E-state index contributed by atoms with van der Waals surface area (Å²) in [6.45, 7) is 14.0. The molecule has 0 amide bonds. The van der Waals surface area contributed by atoms with Gasteiger partial charge in [0.15, 0.2) is 23.3 Å². The van der Waals surface area contributed by atoms with Crippen LogP contribution in [-0.2, 0) is 23.6 Å². The van der Waals surface area contributed by atoms with E-state index >= 15 is 0 Å². The molecule has 6 aliphatic heterocycles. The maximum atomic E-state index is 14.8. The predicted octanol–water partition coefficient (Wildman–Crippen LogP) is 6.21. The highest BCUT2D eigenvalue weighted by Crippen LogP contribution is 2.40. The van der Waals surface area contributed by atoms with E-state index in [-0.39, 0.29) is 63.9 Å². The third-order valence-electron chi connectivity index (χ3n) is 16.1. The van der Waals surface area contributed by atoms with Crippen molar-refractivity contribution in [1.29, 1.82) is 0 Å². The van der Waals surface area contributed by atoms with Crippen molar-refractivity contribution in [2.75, 3.05) is 61.2 Å². The number of nitrogens with two attached hydrogens (primary N) is 1. The maximum Gasteiger partial charge on any atom is 0.368 e. The monoisotopic (exact) mass is 1140 g/mol. The van der Waals surface area contributed by atoms with E-state index in [2.05, 4.69) is 94.2 Å². The fourth-order valence-corrected chi connectivity index (χ4v) is 12.4. The summed E-state index contributed by atoms with van der Waals surface area (Å²) in [7, 11) is 3.07. The fourth-order valence-electron chi connectivity index (χ4n) is 12.3. The van der Waals surface area contributed by atoms with E-state index in [9.17, 15) is 18.4 Å². The summed E-state index contributed by atoms with van der Waals surface area (Å²) >= 11 is 5.74. The lowest BCUT2D eigenvalue weighted by Gasteiger charge is -2.47. The highest BCUT2D eigenvalue weighted by Gasteiger charge is 2.44. The van der Waals surface area contributed by atoms with Crippen molar-refractivity contribution < 1.29 is 27.7 Å². The third-order valence-corrected chi connectivity index (χ3v) is 16.3. The summed E-state index contributed by atoms with van der Waals surface area (Å²) in [5, 5.41) is 25.2. The summed E-state index contributed by atoms with van der Waals surface area (Å²) in [6.07, 6.45) is 14.2. The average Bonchev–Trinajstić information content (AvgIpc) is 4.28. The number of aryl methyl sites for hydroxylation is 2. The molecule has 4 atom stereocenters. The van der Waals surface area contributed by atoms with Gasteiger partial charge < -0.3 is 40.6 Å². The molecule has 0 saturated carbocycles. The van der Waals surface area contributed by atoms with Crippen LogP contribution in [0.4, 0.5) is 37.7 Å². The second kappa shape index (κ2) is 24.7. The first-order valence-electron chi connectivity index (χ1n) is 27.9. The van der Waals surface area contributed by atoms with E-state index in [4.69, 9.17) is 36.3 Å². The van der Waals surface area contributed by atoms with Gasteiger partial charge >= 0.3 is 11.4 Å². The molecule has 24 nitrogen and oxygen atoms in total. The van der Waals surface area contributed by atoms with Gasteiger partial charge in [0, 0.05) is 86.4 Å². The van der Waals surface area contributed by atoms with Crippen LogP contribution in [0.3, 0.4) is 0 Å². The normalized spacial score (nSPS) is 22.8. The van der Waals surface area contributed by atoms with Crippen LogP contribution in [0.5, 0.6) is 11.5 Å². The van der Waals surface area contributed by atoms with Crippen molar-refractivity contribution in [2.24, 2.45) is 14.1 Å². The lowest BCUT2D eigenvalue weighted by molar-refractivity contribution is 0.0253. The first-order valence-corrected chi connectivity index (χ1v) is 28.3. The Balaban J connectivity index is 0.000000151. The second-order valence-corrected chi connectivity index (χ2v) is 23.2. The Hall–Kier alpha value is -6.87. The number of anilines is 5. The van der Waals surface area contributed by atoms with E-state index in [1.807, 2.05) is 0 Å². The van der Waals surface area contributed by atoms with E-state index in [1.165, 1.54) is 61.9 Å². The number of ether oxygens (including phenoxy) is 4. The minimum absolute atomic E-state index is 0.0335. The van der Waals surface area contributed by atoms with Gasteiger partial charge in [-0.3, -0.25) is 9.80 Å². The first-order chi connectivity index (χ1) is 38.9. The van der Waals surface area contributed by atoms with Crippen molar-refractivity contribution in [3.05, 3.63) is 86.7 Å². The zero-order valence-electron chi connectivity index (χ0n) is 46.7. The molecule has 10 heterocycles. The van der Waals surface area contributed by atoms with E-state index in [0.29, 0.717) is 72.8 Å². The number of tetrazole rings is 2. The second-order valence-electron chi connectivity index (χ2n) is 22.9. The Morgan fingerprint density at radius 1 is 0.654 bits per heavy atom. The molecule has 12 rings (SSSR count). The van der Waals surface area contributed by atoms with E-state index in [0.717, 1.165) is 73.5 Å². The van der Waals surface area contributed by atoms with Crippen LogP contribution in [-0.4, -0.2) is 156 Å². The number of benzene rings is 2. The highest BCUT2D eigenvalue weighted by molar-refractivity contribution is 6.28. The summed E-state index contributed by atoms with van der Waals surface area (Å²) < 4.78 is 56.2. The van der Waals surface area contributed by atoms with Crippen LogP contribution >= 0.6 is 11.6 Å². The topological polar surface area (TPSA) is 262 Å². The molecule has 436 valence electrons. The number of rotatable bonds is 12. The molecule has 6 aromatic rings. The number of piperidine rings is 2. The predicted molar refractivity (Wildman–Crippen MR) is 300 cm³/mol. The van der Waals surface area contributed by atoms with Crippen molar-refractivity contribution in [3.8, 4) is 22.9 Å². The minimum Gasteiger partial charge on any atom is -0.488 e. The number of aromatic nitrogens is 12. The molecule has 6 fully saturated rings. The molecular weight excluding hydrogens is 1070 g/mol. The molecule has 27 heteroatoms. The number of nitrogens with zero attached hydrogens (tertiary/aromatic N) is 14. The molecular formula is C54H73ClF2N18O6. The average molecular weight is 1140 g/mol. The molecule has 4 aromatic heterocycles. The molecule has 6 saturated heterocycles. The van der Waals surface area contributed by atoms with Crippen LogP contribution < -0.4 is 42.5 Å². The number of nitrogen functional groups attached to an aromatic ring is 1. The van der Waals surface area contributed by atoms with Gasteiger partial charge in [-0.05, 0) is 161 Å². The van der Waals surface area contributed by atoms with Crippen LogP contribution in [0, 0.1) is 11.6 Å². The molecule has 6 aliphatic rings. The number of hydrogen-bond acceptors (Lipinski definition) is 20. The van der Waals surface area contributed by atoms with Gasteiger partial charge in [-0.25, -0.2) is 28.3 Å². The number of fused-ring (bicyclic) bond motifs is 2. The molecule has 5 N–H and O–H groups in total. The quantitative estimate of drug-likeness (QED) is 0.0784. The lowest BCUT2D eigenvalue weighted by atomic mass is 9.84. The Morgan fingerprint density at radius 2 is 1.14 bits per heavy atom. The van der Waals surface area contributed by atoms with Gasteiger partial charge in [0.25, 0.3) is 0 Å². The standard InChI is InChI=1S/C27H36FN9O3.C14H20ClFN4.C13H17N5O3/c1-27(2)15-18(13-19-5-4-10-36(19)27)30-24-21(28)16-29-25(32-24)31-17-6-7-23(40-20-8-11-39-12-9-20)22(14-17)37-26(38)35(3)33-34-37;1-14(2)7-9(6-10-4-3-5-20(10)14)18-12-11(16)8-17-13(15)19-12;1-17-13(19)18(16-15-17)11-8-9(14)2-3-12(11)21-10-4-6-20-7-5-10/h6-7,14,16,18-20H,4-5,8-13,15H2,1-3H3,(H2,29,30,31,32);8-10H,3-7H2,1-2H3,(H,17,18,19);2-3,8,10H,4-7,14H2,1H3. The molecule has 0 bridgehead atoms. The van der Waals surface area contributed by atoms with Gasteiger partial charge in [-0.15, -0.1) is 0 Å². The van der Waals surface area contributed by atoms with Gasteiger partial charge in [-0.2, -0.15) is 28.7 Å². The smallest absolute Gasteiger partial charge is 0.368 e. The molecule has 81 heavy (non-hydrogen) atoms. The molecule has 0 spiro atoms. The minimum atomic E-state index is -0.496. The SMILES string of the molecule is CC1(C)CC(Nc2nc(Cl)ncc2F)CC2CCCN21.Cn1nnn(-c2cc(N)ccc2OC2CCOCC2)c1=O.Cn1nnn(-c2cc(Nc3ncc(F)c(NC4CC5CCCN5C(C)(C)C4)n3)ccc2OC2CCOCC2)c1=O. The van der Waals surface area contributed by atoms with Gasteiger partial charge in [0.2, 0.25) is 11.2 Å². The van der Waals surface area contributed by atoms with E-state index in [1.54, 1.807) is 36.4 Å². The molecule has 0 radical (unpaired) electrons. The van der Waals surface area contributed by atoms with Gasteiger partial charge in [0.05, 0.1) is 38.8 Å². The Morgan fingerprint density at radius 3 is 1.64 bits per heavy atom. The largest absolute Gasteiger partial charge is 0.488 e. The summed E-state index contributed by atoms with van der Waals surface area (Å²) in [5.41, 5.74) is 7.29. The zero-order chi connectivity index (χ0) is 57.0. The van der Waals surface area contributed by atoms with E-state index < -0.39 is 17.3 Å². The highest BCUT2D eigenvalue weighted by atomic mass is 35.5. The van der Waals surface area contributed by atoms with Crippen molar-refractivity contribution in [3.63, 3.8) is 0 Å². The van der Waals surface area contributed by atoms with Gasteiger partial charge in [-0.1, -0.05) is 0 Å². The van der Waals surface area contributed by atoms with Crippen molar-refractivity contribution in [2.45, 2.75) is 152 Å². The van der Waals surface area contributed by atoms with Crippen LogP contribution in [0.1, 0.15) is 105 Å². The van der Waals surface area contributed by atoms with Crippen molar-refractivity contribution in [1.82, 2.24) is 69.3 Å². The van der Waals surface area contributed by atoms with Crippen LogP contribution in [0.25, 0.3) is 11.4 Å². The number of nitrogens with one attached hydrogen (secondary N) is 3. The molecule has 2 aromatic carbocycles. The van der Waals surface area contributed by atoms with Crippen molar-refractivity contribution >= 4 is 40.6 Å². The van der Waals surface area contributed by atoms with Gasteiger partial charge in [0.1, 0.15) is 35.1 Å². The zero-order valence-corrected chi connectivity index (χ0v) is 47.5.